The average molecular weight is 294 g/mol. The molecule has 112 valence electrons. The van der Waals surface area contributed by atoms with Crippen molar-refractivity contribution in [3.8, 4) is 0 Å². The van der Waals surface area contributed by atoms with E-state index in [9.17, 15) is 13.6 Å². The molecule has 0 radical (unpaired) electrons. The number of hydrogen-bond acceptors (Lipinski definition) is 3. The fourth-order valence-electron chi connectivity index (χ4n) is 2.61. The summed E-state index contributed by atoms with van der Waals surface area (Å²) in [6.07, 6.45) is 1.33. The van der Waals surface area contributed by atoms with Crippen molar-refractivity contribution in [2.45, 2.75) is 12.5 Å². The average Bonchev–Trinajstić information content (AvgIpc) is 2.89. The standard InChI is InChI=1S/C15H16F2N2O2/c16-8-12-9-19(15(20)21-12)11-1-2-13(14(17)7-11)10-3-5-18-6-4-10/h1-3,7,12,18H,4-6,8-9H2/t12-/m0/s1. The van der Waals surface area contributed by atoms with Gasteiger partial charge < -0.3 is 10.1 Å². The highest BCUT2D eigenvalue weighted by molar-refractivity contribution is 5.90. The number of hydrogen-bond donors (Lipinski definition) is 1. The van der Waals surface area contributed by atoms with Gasteiger partial charge in [0, 0.05) is 12.1 Å². The van der Waals surface area contributed by atoms with Gasteiger partial charge in [-0.2, -0.15) is 0 Å². The summed E-state index contributed by atoms with van der Waals surface area (Å²) in [6, 6.07) is 4.64. The maximum Gasteiger partial charge on any atom is 0.414 e. The number of nitrogens with zero attached hydrogens (tertiary/aromatic N) is 1. The number of carbonyl (C=O) groups is 1. The molecule has 2 aliphatic heterocycles. The molecule has 3 rings (SSSR count). The Morgan fingerprint density at radius 3 is 2.90 bits per heavy atom. The van der Waals surface area contributed by atoms with Crippen LogP contribution >= 0.6 is 0 Å². The number of amides is 1. The van der Waals surface area contributed by atoms with Crippen LogP contribution in [0.5, 0.6) is 0 Å². The molecule has 2 heterocycles. The maximum atomic E-state index is 14.3. The number of rotatable bonds is 3. The van der Waals surface area contributed by atoms with Gasteiger partial charge in [-0.25, -0.2) is 13.6 Å². The van der Waals surface area contributed by atoms with E-state index in [4.69, 9.17) is 4.74 Å². The van der Waals surface area contributed by atoms with Crippen LogP contribution in [0.2, 0.25) is 0 Å². The first kappa shape index (κ1) is 14.0. The predicted octanol–water partition coefficient (Wildman–Crippen LogP) is 2.50. The Hall–Kier alpha value is -1.95. The molecule has 6 heteroatoms. The number of nitrogens with one attached hydrogen (secondary N) is 1. The Bertz CT molecular complexity index is 589. The number of ether oxygens (including phenoxy) is 1. The third-order valence-corrected chi connectivity index (χ3v) is 3.72. The Labute approximate surface area is 121 Å². The third kappa shape index (κ3) is 2.76. The number of cyclic esters (lactones) is 1. The van der Waals surface area contributed by atoms with Gasteiger partial charge in [0.1, 0.15) is 18.6 Å². The fourth-order valence-corrected chi connectivity index (χ4v) is 2.61. The van der Waals surface area contributed by atoms with Crippen LogP contribution in [-0.4, -0.2) is 38.5 Å². The number of carbonyl (C=O) groups excluding carboxylic acids is 1. The molecule has 0 aliphatic carbocycles. The molecule has 1 amide bonds. The minimum atomic E-state index is -0.771. The molecule has 1 aromatic carbocycles. The van der Waals surface area contributed by atoms with Crippen molar-refractivity contribution >= 4 is 17.4 Å². The Kier molecular flexibility index (Phi) is 3.88. The molecule has 0 spiro atoms. The van der Waals surface area contributed by atoms with Crippen LogP contribution in [0.1, 0.15) is 12.0 Å². The number of alkyl halides is 1. The molecule has 1 saturated heterocycles. The van der Waals surface area contributed by atoms with Crippen molar-refractivity contribution in [3.63, 3.8) is 0 Å². The lowest BCUT2D eigenvalue weighted by molar-refractivity contribution is 0.124. The minimum absolute atomic E-state index is 0.112. The van der Waals surface area contributed by atoms with Gasteiger partial charge in [0.25, 0.3) is 0 Å². The zero-order chi connectivity index (χ0) is 14.8. The largest absolute Gasteiger partial charge is 0.441 e. The highest BCUT2D eigenvalue weighted by atomic mass is 19.1. The zero-order valence-corrected chi connectivity index (χ0v) is 11.4. The Balaban J connectivity index is 1.84. The lowest BCUT2D eigenvalue weighted by Crippen LogP contribution is -2.25. The monoisotopic (exact) mass is 294 g/mol. The smallest absolute Gasteiger partial charge is 0.414 e. The maximum absolute atomic E-state index is 14.3. The van der Waals surface area contributed by atoms with Crippen LogP contribution in [0.15, 0.2) is 24.3 Å². The second-order valence-corrected chi connectivity index (χ2v) is 5.12. The van der Waals surface area contributed by atoms with Gasteiger partial charge in [0.2, 0.25) is 0 Å². The second-order valence-electron chi connectivity index (χ2n) is 5.12. The van der Waals surface area contributed by atoms with E-state index >= 15 is 0 Å². The van der Waals surface area contributed by atoms with E-state index in [1.165, 1.54) is 11.0 Å². The van der Waals surface area contributed by atoms with Crippen LogP contribution in [0.25, 0.3) is 5.57 Å². The molecular formula is C15H16F2N2O2. The van der Waals surface area contributed by atoms with E-state index in [-0.39, 0.29) is 12.4 Å². The minimum Gasteiger partial charge on any atom is -0.441 e. The molecule has 1 atom stereocenters. The summed E-state index contributed by atoms with van der Waals surface area (Å²) in [5.41, 5.74) is 1.91. The van der Waals surface area contributed by atoms with Crippen molar-refractivity contribution in [1.82, 2.24) is 5.32 Å². The van der Waals surface area contributed by atoms with E-state index in [2.05, 4.69) is 5.32 Å². The molecule has 0 bridgehead atoms. The van der Waals surface area contributed by atoms with Crippen LogP contribution < -0.4 is 10.2 Å². The second kappa shape index (κ2) is 5.81. The van der Waals surface area contributed by atoms with Gasteiger partial charge in [-0.15, -0.1) is 0 Å². The van der Waals surface area contributed by atoms with E-state index < -0.39 is 18.9 Å². The SMILES string of the molecule is O=C1O[C@@H](CF)CN1c1ccc(C2=CCNCC2)c(F)c1. The topological polar surface area (TPSA) is 41.6 Å². The third-order valence-electron chi connectivity index (χ3n) is 3.72. The molecule has 21 heavy (non-hydrogen) atoms. The van der Waals surface area contributed by atoms with Crippen molar-refractivity contribution in [2.75, 3.05) is 31.2 Å². The highest BCUT2D eigenvalue weighted by Crippen LogP contribution is 2.28. The molecule has 0 aromatic heterocycles. The highest BCUT2D eigenvalue weighted by Gasteiger charge is 2.32. The van der Waals surface area contributed by atoms with Crippen molar-refractivity contribution in [3.05, 3.63) is 35.7 Å². The van der Waals surface area contributed by atoms with Gasteiger partial charge >= 0.3 is 6.09 Å². The molecule has 1 aromatic rings. The van der Waals surface area contributed by atoms with Gasteiger partial charge in [-0.05, 0) is 36.7 Å². The van der Waals surface area contributed by atoms with E-state index in [1.54, 1.807) is 12.1 Å². The first-order chi connectivity index (χ1) is 10.2. The molecular weight excluding hydrogens is 278 g/mol. The van der Waals surface area contributed by atoms with E-state index in [0.717, 1.165) is 25.1 Å². The molecule has 1 N–H and O–H groups in total. The summed E-state index contributed by atoms with van der Waals surface area (Å²) in [7, 11) is 0. The molecule has 0 saturated carbocycles. The summed E-state index contributed by atoms with van der Waals surface area (Å²) in [5, 5.41) is 3.17. The van der Waals surface area contributed by atoms with E-state index in [1.807, 2.05) is 6.08 Å². The van der Waals surface area contributed by atoms with Gasteiger partial charge in [-0.1, -0.05) is 6.08 Å². The zero-order valence-electron chi connectivity index (χ0n) is 11.4. The number of halogens is 2. The van der Waals surface area contributed by atoms with Crippen molar-refractivity contribution in [2.24, 2.45) is 0 Å². The van der Waals surface area contributed by atoms with Crippen LogP contribution in [0.4, 0.5) is 19.3 Å². The lowest BCUT2D eigenvalue weighted by atomic mass is 9.99. The molecule has 2 aliphatic rings. The molecule has 4 nitrogen and oxygen atoms in total. The van der Waals surface area contributed by atoms with Gasteiger partial charge in [-0.3, -0.25) is 4.90 Å². The van der Waals surface area contributed by atoms with Crippen LogP contribution in [-0.2, 0) is 4.74 Å². The Morgan fingerprint density at radius 2 is 2.29 bits per heavy atom. The fraction of sp³-hybridized carbons (Fsp3) is 0.400. The number of anilines is 1. The summed E-state index contributed by atoms with van der Waals surface area (Å²) in [4.78, 5) is 12.9. The first-order valence-corrected chi connectivity index (χ1v) is 6.93. The molecule has 0 unspecified atom stereocenters. The van der Waals surface area contributed by atoms with Gasteiger partial charge in [0.05, 0.1) is 12.2 Å². The summed E-state index contributed by atoms with van der Waals surface area (Å²) in [5.74, 6) is -0.378. The van der Waals surface area contributed by atoms with Crippen LogP contribution in [0.3, 0.4) is 0 Å². The first-order valence-electron chi connectivity index (χ1n) is 6.93. The van der Waals surface area contributed by atoms with Crippen molar-refractivity contribution < 1.29 is 18.3 Å². The molecule has 1 fully saturated rings. The van der Waals surface area contributed by atoms with Crippen molar-refractivity contribution in [1.29, 1.82) is 0 Å². The summed E-state index contributed by atoms with van der Waals surface area (Å²) < 4.78 is 31.7. The summed E-state index contributed by atoms with van der Waals surface area (Å²) >= 11 is 0. The normalized spacial score (nSPS) is 22.2. The lowest BCUT2D eigenvalue weighted by Gasteiger charge is -2.17. The summed E-state index contributed by atoms with van der Waals surface area (Å²) in [6.45, 7) is 0.931. The van der Waals surface area contributed by atoms with E-state index in [0.29, 0.717) is 11.3 Å². The van der Waals surface area contributed by atoms with Crippen LogP contribution in [0, 0.1) is 5.82 Å². The van der Waals surface area contributed by atoms with Gasteiger partial charge in [0.15, 0.2) is 0 Å². The number of benzene rings is 1. The predicted molar refractivity (Wildman–Crippen MR) is 75.5 cm³/mol. The Morgan fingerprint density at radius 1 is 1.43 bits per heavy atom. The quantitative estimate of drug-likeness (QED) is 0.931.